The number of aromatic nitrogens is 4. The zero-order chi connectivity index (χ0) is 18.0. The third kappa shape index (κ3) is 3.93. The van der Waals surface area contributed by atoms with Crippen molar-refractivity contribution in [1.82, 2.24) is 24.3 Å². The molecular weight excluding hydrogens is 334 g/mol. The van der Waals surface area contributed by atoms with E-state index < -0.39 is 0 Å². The highest BCUT2D eigenvalue weighted by Gasteiger charge is 2.14. The minimum Gasteiger partial charge on any atom is -0.336 e. The Kier molecular flexibility index (Phi) is 4.94. The van der Waals surface area contributed by atoms with Crippen LogP contribution in [0.15, 0.2) is 30.3 Å². The van der Waals surface area contributed by atoms with Crippen molar-refractivity contribution in [2.45, 2.75) is 33.9 Å². The van der Waals surface area contributed by atoms with Gasteiger partial charge in [-0.1, -0.05) is 16.6 Å². The lowest BCUT2D eigenvalue weighted by atomic mass is 10.1. The molecular formula is C18H21N5OS. The van der Waals surface area contributed by atoms with E-state index >= 15 is 0 Å². The number of hydrogen-bond donors (Lipinski definition) is 0. The first-order chi connectivity index (χ1) is 11.9. The summed E-state index contributed by atoms with van der Waals surface area (Å²) >= 11 is 1.33. The molecule has 0 fully saturated rings. The summed E-state index contributed by atoms with van der Waals surface area (Å²) in [4.78, 5) is 15.3. The highest BCUT2D eigenvalue weighted by Crippen LogP contribution is 2.15. The molecule has 130 valence electrons. The number of carbonyl (C=O) groups excluding carboxylic acids is 1. The van der Waals surface area contributed by atoms with Crippen LogP contribution >= 0.6 is 11.5 Å². The van der Waals surface area contributed by atoms with Crippen LogP contribution in [0, 0.1) is 20.8 Å². The van der Waals surface area contributed by atoms with Crippen LogP contribution in [0.4, 0.5) is 0 Å². The van der Waals surface area contributed by atoms with Gasteiger partial charge in [-0.25, -0.2) is 0 Å². The topological polar surface area (TPSA) is 63.9 Å². The molecule has 0 spiro atoms. The molecule has 0 saturated heterocycles. The maximum Gasteiger partial charge on any atom is 0.253 e. The Morgan fingerprint density at radius 3 is 2.48 bits per heavy atom. The second kappa shape index (κ2) is 7.14. The molecule has 1 aromatic carbocycles. The number of amides is 1. The van der Waals surface area contributed by atoms with Gasteiger partial charge in [0.05, 0.1) is 29.4 Å². The van der Waals surface area contributed by atoms with Crippen molar-refractivity contribution >= 4 is 17.4 Å². The fourth-order valence-corrected chi connectivity index (χ4v) is 3.35. The van der Waals surface area contributed by atoms with Gasteiger partial charge in [-0.3, -0.25) is 9.48 Å². The van der Waals surface area contributed by atoms with Gasteiger partial charge in [0.1, 0.15) is 0 Å². The van der Waals surface area contributed by atoms with E-state index in [2.05, 4.69) is 20.8 Å². The van der Waals surface area contributed by atoms with Crippen LogP contribution in [0.1, 0.15) is 37.9 Å². The molecule has 0 bridgehead atoms. The molecule has 7 heteroatoms. The van der Waals surface area contributed by atoms with Gasteiger partial charge in [-0.05, 0) is 56.1 Å². The molecule has 0 saturated carbocycles. The Labute approximate surface area is 151 Å². The predicted octanol–water partition coefficient (Wildman–Crippen LogP) is 2.98. The average Bonchev–Trinajstić information content (AvgIpc) is 3.12. The van der Waals surface area contributed by atoms with Crippen LogP contribution in [0.3, 0.4) is 0 Å². The molecule has 0 aliphatic heterocycles. The van der Waals surface area contributed by atoms with E-state index in [0.717, 1.165) is 27.5 Å². The highest BCUT2D eigenvalue weighted by atomic mass is 32.1. The van der Waals surface area contributed by atoms with Crippen molar-refractivity contribution in [3.63, 3.8) is 0 Å². The first-order valence-electron chi connectivity index (χ1n) is 8.07. The molecule has 0 aliphatic rings. The van der Waals surface area contributed by atoms with Gasteiger partial charge in [-0.2, -0.15) is 5.10 Å². The fourth-order valence-electron chi connectivity index (χ4n) is 2.66. The summed E-state index contributed by atoms with van der Waals surface area (Å²) in [6.45, 7) is 7.17. The number of nitrogens with zero attached hydrogens (tertiary/aromatic N) is 5. The van der Waals surface area contributed by atoms with Crippen LogP contribution < -0.4 is 0 Å². The van der Waals surface area contributed by atoms with E-state index in [0.29, 0.717) is 18.7 Å². The molecule has 3 aromatic rings. The first kappa shape index (κ1) is 17.3. The van der Waals surface area contributed by atoms with Gasteiger partial charge in [0.15, 0.2) is 0 Å². The summed E-state index contributed by atoms with van der Waals surface area (Å²) in [6, 6.07) is 9.77. The third-order valence-electron chi connectivity index (χ3n) is 4.11. The van der Waals surface area contributed by atoms with Gasteiger partial charge in [-0.15, -0.1) is 5.10 Å². The van der Waals surface area contributed by atoms with Crippen LogP contribution in [0.5, 0.6) is 0 Å². The van der Waals surface area contributed by atoms with Crippen molar-refractivity contribution in [2.75, 3.05) is 7.05 Å². The zero-order valence-corrected chi connectivity index (χ0v) is 15.7. The largest absolute Gasteiger partial charge is 0.336 e. The van der Waals surface area contributed by atoms with Crippen LogP contribution in [-0.2, 0) is 13.1 Å². The molecule has 25 heavy (non-hydrogen) atoms. The van der Waals surface area contributed by atoms with Crippen molar-refractivity contribution in [1.29, 1.82) is 0 Å². The van der Waals surface area contributed by atoms with E-state index in [1.165, 1.54) is 11.5 Å². The molecule has 2 heterocycles. The van der Waals surface area contributed by atoms with Crippen LogP contribution in [0.25, 0.3) is 0 Å². The second-order valence-electron chi connectivity index (χ2n) is 6.22. The van der Waals surface area contributed by atoms with E-state index in [1.54, 1.807) is 11.9 Å². The fraction of sp³-hybridized carbons (Fsp3) is 0.333. The minimum atomic E-state index is -0.00883. The summed E-state index contributed by atoms with van der Waals surface area (Å²) in [6.07, 6.45) is 0. The summed E-state index contributed by atoms with van der Waals surface area (Å²) < 4.78 is 5.88. The van der Waals surface area contributed by atoms with Crippen molar-refractivity contribution < 1.29 is 4.79 Å². The number of carbonyl (C=O) groups is 1. The average molecular weight is 355 g/mol. The lowest BCUT2D eigenvalue weighted by molar-refractivity contribution is 0.0786. The summed E-state index contributed by atoms with van der Waals surface area (Å²) in [5.74, 6) is -0.00883. The molecule has 0 atom stereocenters. The minimum absolute atomic E-state index is 0.00883. The Morgan fingerprint density at radius 1 is 1.20 bits per heavy atom. The number of hydrogen-bond acceptors (Lipinski definition) is 5. The monoisotopic (exact) mass is 355 g/mol. The Bertz CT molecular complexity index is 881. The van der Waals surface area contributed by atoms with E-state index in [9.17, 15) is 4.79 Å². The van der Waals surface area contributed by atoms with Gasteiger partial charge < -0.3 is 4.90 Å². The second-order valence-corrected chi connectivity index (χ2v) is 7.06. The SMILES string of the molecule is Cc1cc(C)n(Cc2ccc(C(=O)N(C)Cc3snnc3C)cc2)n1. The molecule has 2 aromatic heterocycles. The van der Waals surface area contributed by atoms with Gasteiger partial charge >= 0.3 is 0 Å². The maximum atomic E-state index is 12.6. The lowest BCUT2D eigenvalue weighted by Gasteiger charge is -2.16. The van der Waals surface area contributed by atoms with Crippen LogP contribution in [-0.4, -0.2) is 37.2 Å². The summed E-state index contributed by atoms with van der Waals surface area (Å²) in [5, 5.41) is 8.46. The number of aryl methyl sites for hydroxylation is 3. The molecule has 0 aliphatic carbocycles. The van der Waals surface area contributed by atoms with Crippen molar-refractivity contribution in [2.24, 2.45) is 0 Å². The Balaban J connectivity index is 1.68. The molecule has 0 radical (unpaired) electrons. The van der Waals surface area contributed by atoms with Gasteiger partial charge in [0.2, 0.25) is 0 Å². The molecule has 0 N–H and O–H groups in total. The van der Waals surface area contributed by atoms with Gasteiger partial charge in [0, 0.05) is 18.3 Å². The summed E-state index contributed by atoms with van der Waals surface area (Å²) in [7, 11) is 1.80. The van der Waals surface area contributed by atoms with E-state index in [1.807, 2.05) is 49.7 Å². The highest BCUT2D eigenvalue weighted by molar-refractivity contribution is 7.05. The van der Waals surface area contributed by atoms with E-state index in [-0.39, 0.29) is 5.91 Å². The van der Waals surface area contributed by atoms with Crippen molar-refractivity contribution in [3.05, 3.63) is 63.4 Å². The smallest absolute Gasteiger partial charge is 0.253 e. The van der Waals surface area contributed by atoms with Gasteiger partial charge in [0.25, 0.3) is 5.91 Å². The number of benzene rings is 1. The molecule has 3 rings (SSSR count). The quantitative estimate of drug-likeness (QED) is 0.706. The molecule has 1 amide bonds. The first-order valence-corrected chi connectivity index (χ1v) is 8.84. The van der Waals surface area contributed by atoms with Crippen LogP contribution in [0.2, 0.25) is 0 Å². The number of rotatable bonds is 5. The summed E-state index contributed by atoms with van der Waals surface area (Å²) in [5.41, 5.74) is 4.82. The maximum absolute atomic E-state index is 12.6. The predicted molar refractivity (Wildman–Crippen MR) is 97.7 cm³/mol. The molecule has 6 nitrogen and oxygen atoms in total. The third-order valence-corrected chi connectivity index (χ3v) is 4.92. The Hall–Kier alpha value is -2.54. The normalized spacial score (nSPS) is 10.9. The Morgan fingerprint density at radius 2 is 1.92 bits per heavy atom. The lowest BCUT2D eigenvalue weighted by Crippen LogP contribution is -2.26. The van der Waals surface area contributed by atoms with E-state index in [4.69, 9.17) is 0 Å². The van der Waals surface area contributed by atoms with Crippen molar-refractivity contribution in [3.8, 4) is 0 Å². The zero-order valence-electron chi connectivity index (χ0n) is 14.9. The standard InChI is InChI=1S/C18H21N5OS/c1-12-9-13(2)23(20-12)10-15-5-7-16(8-6-15)18(24)22(4)11-17-14(3)19-21-25-17/h5-9H,10-11H2,1-4H3. The molecule has 0 unspecified atom stereocenters.